The van der Waals surface area contributed by atoms with E-state index in [-0.39, 0.29) is 55.3 Å². The highest BCUT2D eigenvalue weighted by Gasteiger charge is 2.41. The Morgan fingerprint density at radius 2 is 1.78 bits per heavy atom. The number of esters is 1. The Hall–Kier alpha value is -6.08. The molecular formula is C57H74N8O7. The summed E-state index contributed by atoms with van der Waals surface area (Å²) in [5.74, 6) is 2.98. The van der Waals surface area contributed by atoms with Crippen LogP contribution in [-0.4, -0.2) is 139 Å². The molecule has 2 aromatic heterocycles. The first kappa shape index (κ1) is 52.2. The molecule has 1 unspecified atom stereocenters. The molecule has 8 rings (SSSR count). The van der Waals surface area contributed by atoms with Crippen molar-refractivity contribution in [2.45, 2.75) is 110 Å². The molecule has 15 heteroatoms. The van der Waals surface area contributed by atoms with E-state index >= 15 is 0 Å². The predicted molar refractivity (Wildman–Crippen MR) is 278 cm³/mol. The molecule has 15 nitrogen and oxygen atoms in total. The summed E-state index contributed by atoms with van der Waals surface area (Å²) >= 11 is 0. The van der Waals surface area contributed by atoms with E-state index < -0.39 is 35.3 Å². The van der Waals surface area contributed by atoms with Crippen molar-refractivity contribution in [3.63, 3.8) is 0 Å². The van der Waals surface area contributed by atoms with Crippen molar-refractivity contribution in [1.82, 2.24) is 40.0 Å². The lowest BCUT2D eigenvalue weighted by atomic mass is 9.84. The van der Waals surface area contributed by atoms with Gasteiger partial charge in [0.25, 0.3) is 5.91 Å². The van der Waals surface area contributed by atoms with Crippen LogP contribution >= 0.6 is 0 Å². The van der Waals surface area contributed by atoms with Crippen LogP contribution in [0.5, 0.6) is 0 Å². The summed E-state index contributed by atoms with van der Waals surface area (Å²) in [7, 11) is 7.19. The van der Waals surface area contributed by atoms with Crippen LogP contribution in [0, 0.1) is 35.0 Å². The number of aryl methyl sites for hydroxylation is 1. The molecule has 0 radical (unpaired) electrons. The minimum atomic E-state index is -0.741. The van der Waals surface area contributed by atoms with Gasteiger partial charge in [0, 0.05) is 81.2 Å². The molecular weight excluding hydrogens is 909 g/mol. The van der Waals surface area contributed by atoms with Gasteiger partial charge in [-0.3, -0.25) is 38.9 Å². The minimum absolute atomic E-state index is 0.0204. The molecule has 2 N–H and O–H groups in total. The third-order valence-corrected chi connectivity index (χ3v) is 15.3. The summed E-state index contributed by atoms with van der Waals surface area (Å²) in [6.45, 7) is 10.9. The van der Waals surface area contributed by atoms with Gasteiger partial charge in [-0.05, 0) is 131 Å². The van der Waals surface area contributed by atoms with Crippen molar-refractivity contribution >= 4 is 40.5 Å². The van der Waals surface area contributed by atoms with Crippen LogP contribution in [0.2, 0.25) is 0 Å². The van der Waals surface area contributed by atoms with Crippen molar-refractivity contribution in [2.24, 2.45) is 23.2 Å². The Morgan fingerprint density at radius 1 is 1.00 bits per heavy atom. The molecule has 72 heavy (non-hydrogen) atoms. The molecule has 2 saturated heterocycles. The van der Waals surface area contributed by atoms with Crippen molar-refractivity contribution in [1.29, 1.82) is 0 Å². The number of benzene rings is 2. The van der Waals surface area contributed by atoms with Gasteiger partial charge in [-0.2, -0.15) is 0 Å². The SMILES string of the molecule is CCn1c(-c2cnccc2[C@H](C)OC)c2c3cc(ccc31)-c1cccc(c1)CC(CNC(=O)[C@H](C1CCCC1)N(C)C(=O)[C@H]1CCN(C(=O)C#CCN(C)C)C1)C(=O)N1CCC[C@H](N1)C(=O)OCC(C)(C)C2. The fourth-order valence-corrected chi connectivity index (χ4v) is 11.4. The van der Waals surface area contributed by atoms with Crippen LogP contribution in [-0.2, 0) is 52.8 Å². The number of likely N-dealkylation sites (N-methyl/N-ethyl adjacent to an activating group) is 1. The molecule has 384 valence electrons. The number of carbonyl (C=O) groups excluding carboxylic acids is 5. The first-order chi connectivity index (χ1) is 34.6. The molecule has 0 spiro atoms. The third kappa shape index (κ3) is 11.6. The molecule has 4 amide bonds. The quantitative estimate of drug-likeness (QED) is 0.127. The second-order valence-electron chi connectivity index (χ2n) is 21.5. The highest BCUT2D eigenvalue weighted by atomic mass is 16.5. The maximum atomic E-state index is 14.8. The van der Waals surface area contributed by atoms with E-state index in [1.54, 1.807) is 35.2 Å². The zero-order valence-electron chi connectivity index (χ0n) is 43.6. The fraction of sp³-hybridized carbons (Fsp3) is 0.544. The van der Waals surface area contributed by atoms with Gasteiger partial charge in [-0.1, -0.05) is 62.9 Å². The number of hydrogen-bond acceptors (Lipinski definition) is 10. The first-order valence-electron chi connectivity index (χ1n) is 26.0. The lowest BCUT2D eigenvalue weighted by molar-refractivity contribution is -0.155. The summed E-state index contributed by atoms with van der Waals surface area (Å²) in [4.78, 5) is 80.3. The third-order valence-electron chi connectivity index (χ3n) is 15.3. The lowest BCUT2D eigenvalue weighted by Gasteiger charge is -2.36. The van der Waals surface area contributed by atoms with E-state index in [9.17, 15) is 24.0 Å². The number of carbonyl (C=O) groups is 5. The monoisotopic (exact) mass is 983 g/mol. The Balaban J connectivity index is 1.11. The summed E-state index contributed by atoms with van der Waals surface area (Å²) in [5.41, 5.74) is 11.0. The number of fused-ring (bicyclic) bond motifs is 6. The lowest BCUT2D eigenvalue weighted by Crippen LogP contribution is -2.58. The maximum Gasteiger partial charge on any atom is 0.324 e. The largest absolute Gasteiger partial charge is 0.464 e. The van der Waals surface area contributed by atoms with Gasteiger partial charge >= 0.3 is 5.97 Å². The highest BCUT2D eigenvalue weighted by molar-refractivity contribution is 5.96. The van der Waals surface area contributed by atoms with Crippen LogP contribution in [0.15, 0.2) is 60.9 Å². The van der Waals surface area contributed by atoms with E-state index in [2.05, 4.69) is 83.2 Å². The van der Waals surface area contributed by atoms with Crippen LogP contribution < -0.4 is 10.7 Å². The Kier molecular flexibility index (Phi) is 16.5. The van der Waals surface area contributed by atoms with Crippen molar-refractivity contribution < 1.29 is 33.4 Å². The Morgan fingerprint density at radius 3 is 2.53 bits per heavy atom. The molecule has 3 fully saturated rings. The van der Waals surface area contributed by atoms with E-state index in [0.29, 0.717) is 58.3 Å². The van der Waals surface area contributed by atoms with Gasteiger partial charge < -0.3 is 29.2 Å². The van der Waals surface area contributed by atoms with Gasteiger partial charge in [0.05, 0.1) is 36.8 Å². The topological polar surface area (TPSA) is 159 Å². The van der Waals surface area contributed by atoms with Gasteiger partial charge in [0.1, 0.15) is 12.1 Å². The number of likely N-dealkylation sites (tertiary alicyclic amines) is 1. The van der Waals surface area contributed by atoms with Crippen LogP contribution in [0.25, 0.3) is 33.3 Å². The number of cyclic esters (lactones) is 1. The van der Waals surface area contributed by atoms with Crippen molar-refractivity contribution in [3.8, 4) is 34.2 Å². The highest BCUT2D eigenvalue weighted by Crippen LogP contribution is 2.42. The first-order valence-corrected chi connectivity index (χ1v) is 26.0. The molecule has 1 aliphatic carbocycles. The molecule has 5 heterocycles. The minimum Gasteiger partial charge on any atom is -0.464 e. The molecule has 4 aromatic rings. The molecule has 6 bridgehead atoms. The second-order valence-corrected chi connectivity index (χ2v) is 21.5. The summed E-state index contributed by atoms with van der Waals surface area (Å²) < 4.78 is 14.4. The van der Waals surface area contributed by atoms with E-state index in [4.69, 9.17) is 9.47 Å². The van der Waals surface area contributed by atoms with Crippen molar-refractivity contribution in [2.75, 3.05) is 67.6 Å². The zero-order chi connectivity index (χ0) is 51.3. The molecule has 4 aliphatic rings. The second kappa shape index (κ2) is 22.8. The Labute approximate surface area is 425 Å². The Bertz CT molecular complexity index is 2710. The number of rotatable bonds is 11. The number of pyridine rings is 1. The summed E-state index contributed by atoms with van der Waals surface area (Å²) in [6.07, 6.45) is 9.61. The fourth-order valence-electron chi connectivity index (χ4n) is 11.4. The average Bonchev–Trinajstić information content (AvgIpc) is 4.16. The smallest absolute Gasteiger partial charge is 0.324 e. The molecule has 2 aromatic carbocycles. The molecule has 1 saturated carbocycles. The molecule has 3 aliphatic heterocycles. The number of hydrazine groups is 1. The standard InChI is InChI=1S/C57H74N8O7/c1-9-64-49-22-21-41-31-45(49)46(52(64)47-34-58-25-23-44(47)37(2)71-8)32-57(3,4)36-72-56(70)48-19-13-27-65(60-48)55(69)43(30-38-15-12-18-40(41)29-38)33-59-53(67)51(39-16-10-11-17-39)62(7)54(68)42-24-28-63(35-42)50(66)20-14-26-61(5)6/h12,15,18,21-23,25,29,31,34,37,39,42-43,48,51,60H,9-11,13,16-17,19,24,26-28,30,32-33,35-36H2,1-8H3,(H,59,67)/t37-,42-,43?,48-,51-/m0/s1. The van der Waals surface area contributed by atoms with Crippen LogP contribution in [0.4, 0.5) is 0 Å². The van der Waals surface area contributed by atoms with E-state index in [1.807, 2.05) is 50.3 Å². The van der Waals surface area contributed by atoms with Crippen molar-refractivity contribution in [3.05, 3.63) is 77.6 Å². The zero-order valence-corrected chi connectivity index (χ0v) is 43.6. The number of nitrogens with zero attached hydrogens (tertiary/aromatic N) is 6. The van der Waals surface area contributed by atoms with Gasteiger partial charge in [0.15, 0.2) is 0 Å². The number of nitrogens with one attached hydrogen (secondary N) is 2. The van der Waals surface area contributed by atoms with Crippen LogP contribution in [0.3, 0.4) is 0 Å². The average molecular weight is 983 g/mol. The maximum absolute atomic E-state index is 14.8. The normalized spacial score (nSPS) is 21.4. The number of aromatic nitrogens is 2. The molecule has 5 atom stereocenters. The van der Waals surface area contributed by atoms with Gasteiger partial charge in [-0.15, -0.1) is 0 Å². The number of hydrogen-bond donors (Lipinski definition) is 2. The number of amides is 4. The van der Waals surface area contributed by atoms with Crippen LogP contribution in [0.1, 0.15) is 95.4 Å². The van der Waals surface area contributed by atoms with Gasteiger partial charge in [0.2, 0.25) is 17.7 Å². The van der Waals surface area contributed by atoms with E-state index in [0.717, 1.165) is 75.7 Å². The van der Waals surface area contributed by atoms with E-state index in [1.165, 1.54) is 0 Å². The summed E-state index contributed by atoms with van der Waals surface area (Å²) in [6, 6.07) is 15.4. The number of ether oxygens (including phenoxy) is 2. The number of methoxy groups -OCH3 is 1. The van der Waals surface area contributed by atoms with Gasteiger partial charge in [-0.25, -0.2) is 5.43 Å². The predicted octanol–water partition coefficient (Wildman–Crippen LogP) is 6.42. The summed E-state index contributed by atoms with van der Waals surface area (Å²) in [5, 5.41) is 5.81.